The summed E-state index contributed by atoms with van der Waals surface area (Å²) in [4.78, 5) is 14.6. The summed E-state index contributed by atoms with van der Waals surface area (Å²) in [6.07, 6.45) is 60.1. The fraction of sp³-hybridized carbons (Fsp3) is 0.790. The van der Waals surface area contributed by atoms with E-state index in [0.29, 0.717) is 31.7 Å². The van der Waals surface area contributed by atoms with Gasteiger partial charge in [-0.1, -0.05) is 159 Å². The van der Waals surface area contributed by atoms with Gasteiger partial charge in [0.1, 0.15) is 0 Å². The molecule has 3 N–H and O–H groups in total. The predicted octanol–water partition coefficient (Wildman–Crippen LogP) is 16.7. The molecule has 1 aliphatic rings. The molecule has 2 unspecified atom stereocenters. The number of aromatic nitrogens is 1. The zero-order valence-electron chi connectivity index (χ0n) is 46.8. The number of amides is 1. The molecular weight excluding hydrogens is 883 g/mol. The van der Waals surface area contributed by atoms with Gasteiger partial charge < -0.3 is 34.6 Å². The molecule has 0 aliphatic carbocycles. The Morgan fingerprint density at radius 1 is 0.620 bits per heavy atom. The largest absolute Gasteiger partial charge is 0.494 e. The lowest BCUT2D eigenvalue weighted by Crippen LogP contribution is -2.31. The second-order valence-electron chi connectivity index (χ2n) is 21.1. The quantitative estimate of drug-likeness (QED) is 0.0441. The van der Waals surface area contributed by atoms with E-state index in [9.17, 15) is 15.0 Å². The van der Waals surface area contributed by atoms with Gasteiger partial charge in [-0.15, -0.1) is 0 Å². The van der Waals surface area contributed by atoms with Gasteiger partial charge in [0.15, 0.2) is 17.5 Å². The number of aryl methyl sites for hydroxylation is 1. The van der Waals surface area contributed by atoms with E-state index in [1.165, 1.54) is 133 Å². The maximum absolute atomic E-state index is 12.3. The van der Waals surface area contributed by atoms with Crippen molar-refractivity contribution in [2.75, 3.05) is 40.4 Å². The van der Waals surface area contributed by atoms with Crippen LogP contribution in [-0.2, 0) is 25.5 Å². The van der Waals surface area contributed by atoms with E-state index < -0.39 is 5.79 Å². The molecule has 9 heteroatoms. The Balaban J connectivity index is 1.72. The highest BCUT2D eigenvalue weighted by molar-refractivity contribution is 5.75. The van der Waals surface area contributed by atoms with Gasteiger partial charge in [-0.2, -0.15) is 0 Å². The second-order valence-corrected chi connectivity index (χ2v) is 21.1. The predicted molar refractivity (Wildman–Crippen MR) is 301 cm³/mol. The molecule has 1 saturated heterocycles. The number of ether oxygens (including phenoxy) is 3. The SMILES string of the molecule is CCCCCC=CCC=CCCCCCCCCC1(CCCCCCCCC=CCC=CCCCCC)OC(CCOCCCCCCNC(=O)CCCCCn2c(O)cc(C)c2O)C(CCN(C)C)O1. The summed E-state index contributed by atoms with van der Waals surface area (Å²) in [5.74, 6) is -0.164. The van der Waals surface area contributed by atoms with Crippen LogP contribution in [0.25, 0.3) is 0 Å². The van der Waals surface area contributed by atoms with E-state index in [1.807, 2.05) is 0 Å². The molecule has 9 nitrogen and oxygen atoms in total. The molecule has 0 bridgehead atoms. The standard InChI is InChI=1S/C62H111N3O6/c1-6-8-10-12-14-16-18-20-22-24-26-28-30-32-34-40-48-62(49-41-35-33-31-29-27-25-23-21-19-17-15-13-11-9-7-2)70-57(46-52-64(4)5)58(71-62)47-54-69-53-44-37-36-42-50-63-59(66)45-39-38-43-51-65-60(67)55-56(3)61(65)68/h14-17,20-23,55,57-58,67-68H,6-13,18-19,24-54H2,1-5H3,(H,63,66). The van der Waals surface area contributed by atoms with Crippen molar-refractivity contribution in [2.24, 2.45) is 0 Å². The van der Waals surface area contributed by atoms with E-state index in [1.54, 1.807) is 13.0 Å². The molecule has 0 aromatic carbocycles. The molecule has 0 radical (unpaired) electrons. The van der Waals surface area contributed by atoms with Crippen LogP contribution < -0.4 is 5.32 Å². The Morgan fingerprint density at radius 2 is 1.10 bits per heavy atom. The van der Waals surface area contributed by atoms with E-state index in [-0.39, 0.29) is 29.9 Å². The lowest BCUT2D eigenvalue weighted by Gasteiger charge is -2.29. The van der Waals surface area contributed by atoms with E-state index >= 15 is 0 Å². The number of aromatic hydroxyl groups is 2. The Morgan fingerprint density at radius 3 is 1.62 bits per heavy atom. The molecule has 410 valence electrons. The van der Waals surface area contributed by atoms with Gasteiger partial charge in [-0.3, -0.25) is 9.36 Å². The number of carbonyl (C=O) groups excluding carboxylic acids is 1. The van der Waals surface area contributed by atoms with Crippen LogP contribution in [0, 0.1) is 6.92 Å². The molecule has 1 amide bonds. The summed E-state index contributed by atoms with van der Waals surface area (Å²) < 4.78 is 21.9. The van der Waals surface area contributed by atoms with Crippen LogP contribution >= 0.6 is 0 Å². The summed E-state index contributed by atoms with van der Waals surface area (Å²) in [7, 11) is 4.31. The van der Waals surface area contributed by atoms with Crippen LogP contribution in [0.3, 0.4) is 0 Å². The van der Waals surface area contributed by atoms with Gasteiger partial charge in [-0.25, -0.2) is 0 Å². The number of nitrogens with one attached hydrogen (secondary N) is 1. The van der Waals surface area contributed by atoms with Gasteiger partial charge in [-0.05, 0) is 137 Å². The third-order valence-corrected chi connectivity index (χ3v) is 14.1. The Labute approximate surface area is 437 Å². The molecule has 2 rings (SSSR count). The molecule has 2 heterocycles. The molecule has 2 atom stereocenters. The normalized spacial score (nSPS) is 17.5. The van der Waals surface area contributed by atoms with Crippen LogP contribution in [0.2, 0.25) is 0 Å². The maximum atomic E-state index is 12.3. The van der Waals surface area contributed by atoms with Crippen molar-refractivity contribution in [3.63, 3.8) is 0 Å². The number of hydrogen-bond donors (Lipinski definition) is 3. The van der Waals surface area contributed by atoms with Gasteiger partial charge in [0.25, 0.3) is 0 Å². The van der Waals surface area contributed by atoms with E-state index in [2.05, 4.69) is 86.8 Å². The molecule has 0 saturated carbocycles. The molecule has 0 spiro atoms. The number of allylic oxidation sites excluding steroid dienone is 8. The van der Waals surface area contributed by atoms with Gasteiger partial charge >= 0.3 is 0 Å². The summed E-state index contributed by atoms with van der Waals surface area (Å²) in [5.41, 5.74) is 0.673. The summed E-state index contributed by atoms with van der Waals surface area (Å²) in [6.45, 7) is 10.0. The summed E-state index contributed by atoms with van der Waals surface area (Å²) in [6, 6.07) is 1.57. The minimum Gasteiger partial charge on any atom is -0.494 e. The van der Waals surface area contributed by atoms with Crippen molar-refractivity contribution < 1.29 is 29.2 Å². The monoisotopic (exact) mass is 994 g/mol. The molecule has 71 heavy (non-hydrogen) atoms. The van der Waals surface area contributed by atoms with Crippen LogP contribution in [0.4, 0.5) is 0 Å². The molecular formula is C62H111N3O6. The Kier molecular flexibility index (Phi) is 40.4. The van der Waals surface area contributed by atoms with Crippen molar-refractivity contribution in [1.82, 2.24) is 14.8 Å². The number of hydrogen-bond acceptors (Lipinski definition) is 7. The van der Waals surface area contributed by atoms with Crippen molar-refractivity contribution in [2.45, 2.75) is 276 Å². The van der Waals surface area contributed by atoms with Crippen LogP contribution in [-0.4, -0.2) is 84.0 Å². The van der Waals surface area contributed by atoms with Crippen molar-refractivity contribution in [3.8, 4) is 11.8 Å². The van der Waals surface area contributed by atoms with Crippen LogP contribution in [0.5, 0.6) is 11.8 Å². The number of unbranched alkanes of at least 4 members (excludes halogenated alkanes) is 23. The first-order valence-corrected chi connectivity index (χ1v) is 29.7. The fourth-order valence-corrected chi connectivity index (χ4v) is 9.64. The third kappa shape index (κ3) is 34.3. The molecule has 1 aromatic rings. The lowest BCUT2D eigenvalue weighted by molar-refractivity contribution is -0.188. The summed E-state index contributed by atoms with van der Waals surface area (Å²) in [5, 5.41) is 23.1. The topological polar surface area (TPSA) is 105 Å². The number of rotatable bonds is 49. The minimum atomic E-state index is -0.473. The van der Waals surface area contributed by atoms with Crippen molar-refractivity contribution >= 4 is 5.91 Å². The molecule has 1 fully saturated rings. The van der Waals surface area contributed by atoms with Gasteiger partial charge in [0.05, 0.1) is 12.2 Å². The zero-order valence-corrected chi connectivity index (χ0v) is 46.8. The Bertz CT molecular complexity index is 1470. The van der Waals surface area contributed by atoms with Gasteiger partial charge in [0, 0.05) is 63.7 Å². The Hall–Kier alpha value is -2.85. The van der Waals surface area contributed by atoms with Gasteiger partial charge in [0.2, 0.25) is 5.91 Å². The minimum absolute atomic E-state index is 0.0678. The van der Waals surface area contributed by atoms with Crippen LogP contribution in [0.1, 0.15) is 251 Å². The zero-order chi connectivity index (χ0) is 51.3. The maximum Gasteiger partial charge on any atom is 0.219 e. The highest BCUT2D eigenvalue weighted by Gasteiger charge is 2.46. The van der Waals surface area contributed by atoms with E-state index in [4.69, 9.17) is 14.2 Å². The number of carbonyl (C=O) groups is 1. The third-order valence-electron chi connectivity index (χ3n) is 14.1. The average Bonchev–Trinajstić information content (AvgIpc) is 3.83. The second kappa shape index (κ2) is 44.6. The summed E-state index contributed by atoms with van der Waals surface area (Å²) >= 11 is 0. The van der Waals surface area contributed by atoms with Crippen LogP contribution in [0.15, 0.2) is 54.7 Å². The van der Waals surface area contributed by atoms with E-state index in [0.717, 1.165) is 109 Å². The fourth-order valence-electron chi connectivity index (χ4n) is 9.64. The smallest absolute Gasteiger partial charge is 0.219 e. The van der Waals surface area contributed by atoms with Crippen molar-refractivity contribution in [3.05, 3.63) is 60.2 Å². The first kappa shape index (κ1) is 64.3. The molecule has 1 aromatic heterocycles. The lowest BCUT2D eigenvalue weighted by atomic mass is 9.98. The highest BCUT2D eigenvalue weighted by Crippen LogP contribution is 2.40. The first-order chi connectivity index (χ1) is 34.7. The first-order valence-electron chi connectivity index (χ1n) is 29.7. The molecule has 1 aliphatic heterocycles. The number of nitrogens with zero attached hydrogens (tertiary/aromatic N) is 2. The average molecular weight is 995 g/mol. The highest BCUT2D eigenvalue weighted by atomic mass is 16.8. The van der Waals surface area contributed by atoms with Crippen molar-refractivity contribution in [1.29, 1.82) is 0 Å².